The van der Waals surface area contributed by atoms with Gasteiger partial charge in [-0.3, -0.25) is 0 Å². The summed E-state index contributed by atoms with van der Waals surface area (Å²) in [7, 11) is 1.64. The van der Waals surface area contributed by atoms with Crippen LogP contribution in [-0.4, -0.2) is 17.6 Å². The van der Waals surface area contributed by atoms with Crippen LogP contribution < -0.4 is 10.1 Å². The van der Waals surface area contributed by atoms with Crippen LogP contribution in [0.3, 0.4) is 0 Å². The molecular weight excluding hydrogens is 413 g/mol. The summed E-state index contributed by atoms with van der Waals surface area (Å²) in [5, 5.41) is 3.55. The number of aromatic nitrogens is 1. The van der Waals surface area contributed by atoms with Crippen molar-refractivity contribution in [3.05, 3.63) is 77.9 Å². The fraction of sp³-hybridized carbons (Fsp3) is 0.385. The lowest BCUT2D eigenvalue weighted by Crippen LogP contribution is -2.33. The van der Waals surface area contributed by atoms with Crippen molar-refractivity contribution in [2.45, 2.75) is 51.0 Å². The molecule has 0 radical (unpaired) electrons. The van der Waals surface area contributed by atoms with E-state index in [9.17, 15) is 13.2 Å². The Morgan fingerprint density at radius 2 is 1.94 bits per heavy atom. The van der Waals surface area contributed by atoms with Gasteiger partial charge in [-0.1, -0.05) is 13.0 Å². The van der Waals surface area contributed by atoms with Gasteiger partial charge in [0.1, 0.15) is 11.6 Å². The van der Waals surface area contributed by atoms with Crippen LogP contribution >= 0.6 is 0 Å². The quantitative estimate of drug-likeness (QED) is 0.448. The molecular formula is C26H29F3N2O. The van der Waals surface area contributed by atoms with E-state index < -0.39 is 11.7 Å². The average molecular weight is 443 g/mol. The van der Waals surface area contributed by atoms with E-state index in [1.165, 1.54) is 24.4 Å². The molecule has 0 saturated heterocycles. The van der Waals surface area contributed by atoms with Crippen LogP contribution in [0.5, 0.6) is 5.75 Å². The summed E-state index contributed by atoms with van der Waals surface area (Å²) in [4.78, 5) is 0. The van der Waals surface area contributed by atoms with Gasteiger partial charge in [-0.05, 0) is 79.6 Å². The number of nitrogens with zero attached hydrogens (tertiary/aromatic N) is 1. The topological polar surface area (TPSA) is 25.7 Å². The Kier molecular flexibility index (Phi) is 6.22. The molecule has 1 fully saturated rings. The smallest absolute Gasteiger partial charge is 0.272 e. The van der Waals surface area contributed by atoms with E-state index in [0.29, 0.717) is 17.9 Å². The van der Waals surface area contributed by atoms with Gasteiger partial charge in [-0.2, -0.15) is 0 Å². The first-order valence-corrected chi connectivity index (χ1v) is 11.0. The highest BCUT2D eigenvalue weighted by atomic mass is 19.3. The molecule has 0 unspecified atom stereocenters. The minimum absolute atomic E-state index is 0.0941. The molecule has 1 N–H and O–H groups in total. The van der Waals surface area contributed by atoms with E-state index in [0.717, 1.165) is 55.3 Å². The van der Waals surface area contributed by atoms with E-state index in [4.69, 9.17) is 4.74 Å². The maximum Gasteiger partial charge on any atom is 0.272 e. The van der Waals surface area contributed by atoms with Gasteiger partial charge in [-0.25, -0.2) is 13.2 Å². The van der Waals surface area contributed by atoms with Crippen LogP contribution in [0.25, 0.3) is 11.2 Å². The molecule has 3 aromatic rings. The second kappa shape index (κ2) is 8.93. The summed E-state index contributed by atoms with van der Waals surface area (Å²) in [6.07, 6.45) is 6.13. The Morgan fingerprint density at radius 3 is 2.62 bits per heavy atom. The first kappa shape index (κ1) is 22.3. The Labute approximate surface area is 186 Å². The molecule has 1 aliphatic carbocycles. The molecule has 0 aliphatic heterocycles. The van der Waals surface area contributed by atoms with Crippen molar-refractivity contribution >= 4 is 11.2 Å². The van der Waals surface area contributed by atoms with Crippen LogP contribution in [0.15, 0.2) is 55.2 Å². The standard InChI is InChI=1S/C26H29F3N2O/c1-17(19-7-9-25(32-3)10-8-19)30-22-6-4-5-18(11-22)12-23-14-21(27)15-24-13-20(16-31(23)24)26(2,28)29/h7-10,13-16,18,22,30H,1,4-6,11-12H2,2-3H3/t18-,22+/m0/s1. The fourth-order valence-corrected chi connectivity index (χ4v) is 4.67. The highest BCUT2D eigenvalue weighted by molar-refractivity contribution is 5.62. The number of rotatable bonds is 7. The molecule has 0 amide bonds. The normalized spacial score (nSPS) is 19.2. The zero-order valence-corrected chi connectivity index (χ0v) is 18.5. The lowest BCUT2D eigenvalue weighted by Gasteiger charge is -2.31. The summed E-state index contributed by atoms with van der Waals surface area (Å²) in [6, 6.07) is 12.2. The monoisotopic (exact) mass is 442 g/mol. The van der Waals surface area contributed by atoms with Crippen LogP contribution in [0, 0.1) is 11.7 Å². The largest absolute Gasteiger partial charge is 0.497 e. The van der Waals surface area contributed by atoms with Gasteiger partial charge in [0.05, 0.1) is 7.11 Å². The minimum Gasteiger partial charge on any atom is -0.497 e. The van der Waals surface area contributed by atoms with Crippen molar-refractivity contribution in [1.82, 2.24) is 9.72 Å². The molecule has 2 heterocycles. The van der Waals surface area contributed by atoms with E-state index in [1.807, 2.05) is 24.3 Å². The van der Waals surface area contributed by atoms with Crippen molar-refractivity contribution in [1.29, 1.82) is 0 Å². The molecule has 0 bridgehead atoms. The molecule has 32 heavy (non-hydrogen) atoms. The van der Waals surface area contributed by atoms with Crippen LogP contribution in [0.1, 0.15) is 49.4 Å². The van der Waals surface area contributed by atoms with Gasteiger partial charge in [0.25, 0.3) is 5.92 Å². The van der Waals surface area contributed by atoms with E-state index in [1.54, 1.807) is 11.5 Å². The highest BCUT2D eigenvalue weighted by Crippen LogP contribution is 2.32. The zero-order chi connectivity index (χ0) is 22.9. The second-order valence-electron chi connectivity index (χ2n) is 8.86. The summed E-state index contributed by atoms with van der Waals surface area (Å²) in [5.74, 6) is -2.21. The molecule has 1 aliphatic rings. The third kappa shape index (κ3) is 4.95. The number of benzene rings is 1. The Morgan fingerprint density at radius 1 is 1.19 bits per heavy atom. The fourth-order valence-electron chi connectivity index (χ4n) is 4.67. The van der Waals surface area contributed by atoms with Crippen LogP contribution in [0.4, 0.5) is 13.2 Å². The number of fused-ring (bicyclic) bond motifs is 1. The van der Waals surface area contributed by atoms with Gasteiger partial charge in [-0.15, -0.1) is 0 Å². The van der Waals surface area contributed by atoms with E-state index in [-0.39, 0.29) is 11.6 Å². The molecule has 3 nitrogen and oxygen atoms in total. The molecule has 170 valence electrons. The molecule has 1 saturated carbocycles. The second-order valence-corrected chi connectivity index (χ2v) is 8.86. The zero-order valence-electron chi connectivity index (χ0n) is 18.5. The summed E-state index contributed by atoms with van der Waals surface area (Å²) in [5.41, 5.74) is 2.99. The molecule has 4 rings (SSSR count). The van der Waals surface area contributed by atoms with E-state index in [2.05, 4.69) is 11.9 Å². The summed E-state index contributed by atoms with van der Waals surface area (Å²) < 4.78 is 48.7. The number of alkyl halides is 2. The van der Waals surface area contributed by atoms with Crippen LogP contribution in [0.2, 0.25) is 0 Å². The van der Waals surface area contributed by atoms with Crippen LogP contribution in [-0.2, 0) is 12.3 Å². The van der Waals surface area contributed by atoms with Gasteiger partial charge in [0.15, 0.2) is 0 Å². The Bertz CT molecular complexity index is 1100. The highest BCUT2D eigenvalue weighted by Gasteiger charge is 2.27. The molecule has 0 spiro atoms. The number of nitrogens with one attached hydrogen (secondary N) is 1. The first-order chi connectivity index (χ1) is 15.2. The predicted molar refractivity (Wildman–Crippen MR) is 122 cm³/mol. The van der Waals surface area contributed by atoms with Gasteiger partial charge in [0, 0.05) is 41.6 Å². The maximum absolute atomic E-state index is 14.2. The number of methoxy groups -OCH3 is 1. The number of hydrogen-bond acceptors (Lipinski definition) is 2. The number of ether oxygens (including phenoxy) is 1. The number of halogens is 3. The number of hydrogen-bond donors (Lipinski definition) is 1. The molecule has 6 heteroatoms. The average Bonchev–Trinajstić information content (AvgIpc) is 3.19. The lowest BCUT2D eigenvalue weighted by molar-refractivity contribution is 0.0176. The van der Waals surface area contributed by atoms with Crippen molar-refractivity contribution in [2.75, 3.05) is 7.11 Å². The predicted octanol–water partition coefficient (Wildman–Crippen LogP) is 6.56. The lowest BCUT2D eigenvalue weighted by atomic mass is 9.82. The van der Waals surface area contributed by atoms with Crippen molar-refractivity contribution in [2.24, 2.45) is 5.92 Å². The molecule has 2 atom stereocenters. The number of pyridine rings is 1. The summed E-state index contributed by atoms with van der Waals surface area (Å²) in [6.45, 7) is 5.05. The van der Waals surface area contributed by atoms with E-state index >= 15 is 0 Å². The summed E-state index contributed by atoms with van der Waals surface area (Å²) >= 11 is 0. The molecule has 1 aromatic carbocycles. The maximum atomic E-state index is 14.2. The SMILES string of the molecule is C=C(N[C@@H]1CCC[C@H](Cc2cc(F)cc3cc(C(C)(F)F)cn23)C1)c1ccc(OC)cc1. The Hall–Kier alpha value is -2.89. The van der Waals surface area contributed by atoms with Gasteiger partial charge in [0.2, 0.25) is 0 Å². The molecule has 2 aromatic heterocycles. The van der Waals surface area contributed by atoms with Crippen molar-refractivity contribution in [3.8, 4) is 5.75 Å². The van der Waals surface area contributed by atoms with Crippen molar-refractivity contribution < 1.29 is 17.9 Å². The minimum atomic E-state index is -2.96. The van der Waals surface area contributed by atoms with Gasteiger partial charge >= 0.3 is 0 Å². The first-order valence-electron chi connectivity index (χ1n) is 11.0. The Balaban J connectivity index is 1.46. The third-order valence-corrected chi connectivity index (χ3v) is 6.35. The van der Waals surface area contributed by atoms with Gasteiger partial charge < -0.3 is 14.5 Å². The van der Waals surface area contributed by atoms with Crippen molar-refractivity contribution in [3.63, 3.8) is 0 Å². The third-order valence-electron chi connectivity index (χ3n) is 6.35.